The van der Waals surface area contributed by atoms with Crippen molar-refractivity contribution in [2.45, 2.75) is 36.7 Å². The van der Waals surface area contributed by atoms with Crippen LogP contribution in [0.1, 0.15) is 58.7 Å². The van der Waals surface area contributed by atoms with Crippen molar-refractivity contribution in [2.24, 2.45) is 0 Å². The summed E-state index contributed by atoms with van der Waals surface area (Å²) in [5.74, 6) is 0.914. The average molecular weight is 911 g/mol. The predicted molar refractivity (Wildman–Crippen MR) is 293 cm³/mol. The number of anilines is 5. The molecule has 0 radical (unpaired) electrons. The zero-order valence-corrected chi connectivity index (χ0v) is 39.7. The summed E-state index contributed by atoms with van der Waals surface area (Å²) in [5, 5.41) is 2.32. The third kappa shape index (κ3) is 6.09. The Balaban J connectivity index is 1.02. The van der Waals surface area contributed by atoms with Crippen LogP contribution in [-0.4, -0.2) is 6.10 Å². The fourth-order valence-corrected chi connectivity index (χ4v) is 12.7. The molecule has 0 N–H and O–H groups in total. The molecule has 0 amide bonds. The summed E-state index contributed by atoms with van der Waals surface area (Å²) >= 11 is 0. The molecule has 0 fully saturated rings. The van der Waals surface area contributed by atoms with Gasteiger partial charge in [0.1, 0.15) is 6.10 Å². The third-order valence-corrected chi connectivity index (χ3v) is 15.8. The highest BCUT2D eigenvalue weighted by molar-refractivity contribution is 6.04. The summed E-state index contributed by atoms with van der Waals surface area (Å²) in [6.07, 6.45) is 6.71. The second-order valence-corrected chi connectivity index (χ2v) is 19.9. The van der Waals surface area contributed by atoms with Crippen molar-refractivity contribution < 1.29 is 4.74 Å². The smallest absolute Gasteiger partial charge is 0.152 e. The highest BCUT2D eigenvalue weighted by Crippen LogP contribution is 2.61. The van der Waals surface area contributed by atoms with Crippen molar-refractivity contribution in [3.8, 4) is 28.0 Å². The summed E-state index contributed by atoms with van der Waals surface area (Å²) in [7, 11) is 0. The number of hydrogen-bond donors (Lipinski definition) is 0. The molecular weight excluding hydrogens is 861 g/mol. The summed E-state index contributed by atoms with van der Waals surface area (Å²) in [5.41, 5.74) is 19.7. The van der Waals surface area contributed by atoms with Crippen LogP contribution in [0.4, 0.5) is 28.4 Å². The molecule has 0 saturated carbocycles. The van der Waals surface area contributed by atoms with Gasteiger partial charge in [0.2, 0.25) is 0 Å². The fraction of sp³-hybridized carbons (Fsp3) is 0.0882. The zero-order chi connectivity index (χ0) is 47.3. The van der Waals surface area contributed by atoms with Crippen molar-refractivity contribution in [3.05, 3.63) is 299 Å². The van der Waals surface area contributed by atoms with Crippen molar-refractivity contribution in [1.82, 2.24) is 0 Å². The van der Waals surface area contributed by atoms with E-state index in [1.807, 2.05) is 0 Å². The molecule has 10 aromatic rings. The maximum Gasteiger partial charge on any atom is 0.152 e. The first kappa shape index (κ1) is 41.3. The summed E-state index contributed by atoms with van der Waals surface area (Å²) in [6, 6.07) is 87.1. The van der Waals surface area contributed by atoms with Gasteiger partial charge < -0.3 is 14.5 Å². The van der Waals surface area contributed by atoms with Crippen LogP contribution >= 0.6 is 0 Å². The Morgan fingerprint density at radius 1 is 0.437 bits per heavy atom. The van der Waals surface area contributed by atoms with E-state index in [0.29, 0.717) is 0 Å². The van der Waals surface area contributed by atoms with E-state index in [1.54, 1.807) is 0 Å². The van der Waals surface area contributed by atoms with Gasteiger partial charge in [-0.25, -0.2) is 0 Å². The lowest BCUT2D eigenvalue weighted by atomic mass is 9.68. The van der Waals surface area contributed by atoms with E-state index in [0.717, 1.165) is 45.3 Å². The van der Waals surface area contributed by atoms with Crippen LogP contribution in [0.15, 0.2) is 261 Å². The maximum atomic E-state index is 7.67. The summed E-state index contributed by atoms with van der Waals surface area (Å²) in [6.45, 7) is 4.75. The van der Waals surface area contributed by atoms with Gasteiger partial charge in [0.05, 0.1) is 16.8 Å². The lowest BCUT2D eigenvalue weighted by molar-refractivity contribution is 0.227. The second-order valence-electron chi connectivity index (χ2n) is 19.9. The summed E-state index contributed by atoms with van der Waals surface area (Å²) in [4.78, 5) is 4.86. The van der Waals surface area contributed by atoms with Crippen LogP contribution in [0.5, 0.6) is 5.75 Å². The quantitative estimate of drug-likeness (QED) is 0.151. The molecule has 3 aliphatic carbocycles. The minimum Gasteiger partial charge on any atom is -0.482 e. The van der Waals surface area contributed by atoms with Crippen LogP contribution in [0, 0.1) is 0 Å². The van der Waals surface area contributed by atoms with Crippen molar-refractivity contribution in [2.75, 3.05) is 9.80 Å². The molecule has 71 heavy (non-hydrogen) atoms. The number of benzene rings is 10. The molecule has 0 bridgehead atoms. The first-order valence-electron chi connectivity index (χ1n) is 24.9. The van der Waals surface area contributed by atoms with Gasteiger partial charge in [-0.15, -0.1) is 0 Å². The van der Waals surface area contributed by atoms with Gasteiger partial charge in [0.25, 0.3) is 0 Å². The molecular formula is C68H50N2O. The second kappa shape index (κ2) is 15.9. The highest BCUT2D eigenvalue weighted by atomic mass is 16.5. The molecule has 2 unspecified atom stereocenters. The number of nitrogens with zero attached hydrogens (tertiary/aromatic N) is 2. The molecule has 10 aromatic carbocycles. The number of ether oxygens (including phenoxy) is 1. The Labute approximate surface area is 415 Å². The van der Waals surface area contributed by atoms with Crippen LogP contribution in [0.2, 0.25) is 0 Å². The van der Waals surface area contributed by atoms with Gasteiger partial charge in [0, 0.05) is 45.0 Å². The fourth-order valence-electron chi connectivity index (χ4n) is 12.7. The normalized spacial score (nSPS) is 17.0. The van der Waals surface area contributed by atoms with Crippen molar-refractivity contribution >= 4 is 39.2 Å². The molecule has 14 rings (SSSR count). The summed E-state index contributed by atoms with van der Waals surface area (Å²) < 4.78 is 7.67. The van der Waals surface area contributed by atoms with E-state index >= 15 is 0 Å². The Kier molecular flexibility index (Phi) is 9.28. The average Bonchev–Trinajstić information content (AvgIpc) is 3.86. The van der Waals surface area contributed by atoms with E-state index in [2.05, 4.69) is 278 Å². The lowest BCUT2D eigenvalue weighted by Crippen LogP contribution is -2.31. The van der Waals surface area contributed by atoms with E-state index in [9.17, 15) is 0 Å². The lowest BCUT2D eigenvalue weighted by Gasteiger charge is -2.38. The number of rotatable bonds is 8. The van der Waals surface area contributed by atoms with Gasteiger partial charge >= 0.3 is 0 Å². The molecule has 0 aromatic heterocycles. The zero-order valence-electron chi connectivity index (χ0n) is 39.7. The maximum absolute atomic E-state index is 7.67. The largest absolute Gasteiger partial charge is 0.482 e. The van der Waals surface area contributed by atoms with Gasteiger partial charge in [0.15, 0.2) is 5.75 Å². The standard InChI is InChI=1S/C68H50N2O/c1-67(2)57-33-17-15-30-52(57)53-40-38-50(43-60(53)67)70(61-36-20-35-59-65(61)56-31-16-18-34-58(56)68(59,46-22-7-3-8-23-46)47-24-9-4-10-25-47)62-42-37-45-21-19-32-55-54-41-39-51(44-63(54)71-66(62)64(45)55)69(48-26-11-5-12-27-48)49-28-13-6-14-29-49/h3-44,54,63H,1-2H3. The third-order valence-electron chi connectivity index (χ3n) is 15.8. The molecule has 4 aliphatic rings. The van der Waals surface area contributed by atoms with Crippen molar-refractivity contribution in [1.29, 1.82) is 0 Å². The van der Waals surface area contributed by atoms with Crippen LogP contribution in [0.3, 0.4) is 0 Å². The van der Waals surface area contributed by atoms with E-state index in [4.69, 9.17) is 4.74 Å². The van der Waals surface area contributed by atoms with Gasteiger partial charge in [-0.3, -0.25) is 0 Å². The van der Waals surface area contributed by atoms with E-state index in [-0.39, 0.29) is 17.4 Å². The minimum absolute atomic E-state index is 0.0246. The molecule has 3 nitrogen and oxygen atoms in total. The van der Waals surface area contributed by atoms with E-state index < -0.39 is 5.41 Å². The van der Waals surface area contributed by atoms with Gasteiger partial charge in [-0.2, -0.15) is 0 Å². The number of hydrogen-bond acceptors (Lipinski definition) is 3. The molecule has 2 atom stereocenters. The Bertz CT molecular complexity index is 3700. The molecule has 338 valence electrons. The molecule has 0 spiro atoms. The topological polar surface area (TPSA) is 15.7 Å². The monoisotopic (exact) mass is 910 g/mol. The van der Waals surface area contributed by atoms with Gasteiger partial charge in [-0.05, 0) is 122 Å². The molecule has 0 saturated heterocycles. The Morgan fingerprint density at radius 3 is 1.73 bits per heavy atom. The molecule has 1 aliphatic heterocycles. The Hall–Kier alpha value is -8.66. The van der Waals surface area contributed by atoms with Crippen LogP contribution in [-0.2, 0) is 10.8 Å². The Morgan fingerprint density at radius 2 is 1.03 bits per heavy atom. The number of para-hydroxylation sites is 2. The van der Waals surface area contributed by atoms with Gasteiger partial charge in [-0.1, -0.05) is 208 Å². The number of allylic oxidation sites excluding steroid dienone is 1. The van der Waals surface area contributed by atoms with Crippen LogP contribution in [0.25, 0.3) is 33.0 Å². The molecule has 1 heterocycles. The predicted octanol–water partition coefficient (Wildman–Crippen LogP) is 17.1. The van der Waals surface area contributed by atoms with Crippen LogP contribution < -0.4 is 14.5 Å². The first-order chi connectivity index (χ1) is 35.0. The minimum atomic E-state index is -0.564. The van der Waals surface area contributed by atoms with E-state index in [1.165, 1.54) is 66.6 Å². The first-order valence-corrected chi connectivity index (χ1v) is 24.9. The van der Waals surface area contributed by atoms with Crippen molar-refractivity contribution in [3.63, 3.8) is 0 Å². The molecule has 3 heteroatoms. The SMILES string of the molecule is CC1(C)c2ccccc2-c2ccc(N(c3cccc4c3-c3ccccc3C4(c3ccccc3)c3ccccc3)c3ccc4cccc5c4c3OC3C=C(N(c4ccccc4)c4ccccc4)C=CC53)cc21. The highest BCUT2D eigenvalue weighted by Gasteiger charge is 2.48. The number of fused-ring (bicyclic) bond motifs is 8.